The third-order valence-corrected chi connectivity index (χ3v) is 6.10. The van der Waals surface area contributed by atoms with Crippen molar-refractivity contribution in [1.82, 2.24) is 9.88 Å². The summed E-state index contributed by atoms with van der Waals surface area (Å²) in [6.07, 6.45) is 5.22. The highest BCUT2D eigenvalue weighted by Gasteiger charge is 2.32. The SMILES string of the molecule is Cc1cc(Cc2ccccc2C)cc([C@@H]2CN(C(=O)C3CCCC3)CCO2)n1. The van der Waals surface area contributed by atoms with Crippen molar-refractivity contribution >= 4 is 5.91 Å². The van der Waals surface area contributed by atoms with Crippen molar-refractivity contribution in [3.63, 3.8) is 0 Å². The van der Waals surface area contributed by atoms with E-state index in [1.807, 2.05) is 11.8 Å². The van der Waals surface area contributed by atoms with E-state index < -0.39 is 0 Å². The van der Waals surface area contributed by atoms with E-state index in [9.17, 15) is 4.79 Å². The molecule has 0 N–H and O–H groups in total. The van der Waals surface area contributed by atoms with Gasteiger partial charge in [0.15, 0.2) is 0 Å². The fraction of sp³-hybridized carbons (Fsp3) is 0.500. The van der Waals surface area contributed by atoms with Gasteiger partial charge < -0.3 is 9.64 Å². The fourth-order valence-electron chi connectivity index (χ4n) is 4.52. The molecule has 148 valence electrons. The van der Waals surface area contributed by atoms with Crippen LogP contribution in [0.4, 0.5) is 0 Å². The fourth-order valence-corrected chi connectivity index (χ4v) is 4.52. The zero-order valence-electron chi connectivity index (χ0n) is 17.0. The maximum Gasteiger partial charge on any atom is 0.225 e. The molecule has 1 saturated heterocycles. The normalized spacial score (nSPS) is 20.5. The predicted octanol–water partition coefficient (Wildman–Crippen LogP) is 4.38. The highest BCUT2D eigenvalue weighted by atomic mass is 16.5. The lowest BCUT2D eigenvalue weighted by atomic mass is 9.99. The molecule has 4 heteroatoms. The van der Waals surface area contributed by atoms with Crippen LogP contribution in [-0.4, -0.2) is 35.5 Å². The second-order valence-electron chi connectivity index (χ2n) is 8.27. The first-order valence-electron chi connectivity index (χ1n) is 10.5. The van der Waals surface area contributed by atoms with Gasteiger partial charge in [-0.3, -0.25) is 9.78 Å². The zero-order chi connectivity index (χ0) is 19.5. The lowest BCUT2D eigenvalue weighted by molar-refractivity contribution is -0.143. The summed E-state index contributed by atoms with van der Waals surface area (Å²) in [4.78, 5) is 19.6. The summed E-state index contributed by atoms with van der Waals surface area (Å²) < 4.78 is 6.03. The highest BCUT2D eigenvalue weighted by Crippen LogP contribution is 2.29. The average molecular weight is 379 g/mol. The molecular weight excluding hydrogens is 348 g/mol. The van der Waals surface area contributed by atoms with Crippen LogP contribution in [0.5, 0.6) is 0 Å². The molecule has 4 rings (SSSR count). The molecule has 2 fully saturated rings. The first-order chi connectivity index (χ1) is 13.6. The van der Waals surface area contributed by atoms with Gasteiger partial charge in [-0.25, -0.2) is 0 Å². The van der Waals surface area contributed by atoms with Gasteiger partial charge in [0.05, 0.1) is 18.8 Å². The lowest BCUT2D eigenvalue weighted by Crippen LogP contribution is -2.44. The first kappa shape index (κ1) is 19.1. The molecule has 0 bridgehead atoms. The second-order valence-corrected chi connectivity index (χ2v) is 8.27. The summed E-state index contributed by atoms with van der Waals surface area (Å²) in [6.45, 7) is 6.10. The summed E-state index contributed by atoms with van der Waals surface area (Å²) in [6, 6.07) is 12.8. The predicted molar refractivity (Wildman–Crippen MR) is 110 cm³/mol. The summed E-state index contributed by atoms with van der Waals surface area (Å²) in [7, 11) is 0. The van der Waals surface area contributed by atoms with Crippen molar-refractivity contribution < 1.29 is 9.53 Å². The number of hydrogen-bond acceptors (Lipinski definition) is 3. The van der Waals surface area contributed by atoms with Crippen LogP contribution in [0.1, 0.15) is 59.9 Å². The Morgan fingerprint density at radius 3 is 2.75 bits per heavy atom. The van der Waals surface area contributed by atoms with Crippen molar-refractivity contribution in [1.29, 1.82) is 0 Å². The molecular formula is C24H30N2O2. The quantitative estimate of drug-likeness (QED) is 0.793. The highest BCUT2D eigenvalue weighted by molar-refractivity contribution is 5.79. The van der Waals surface area contributed by atoms with Crippen molar-refractivity contribution in [2.75, 3.05) is 19.7 Å². The van der Waals surface area contributed by atoms with Gasteiger partial charge in [-0.1, -0.05) is 37.1 Å². The van der Waals surface area contributed by atoms with E-state index in [0.29, 0.717) is 25.6 Å². The third-order valence-electron chi connectivity index (χ3n) is 6.10. The number of ether oxygens (including phenoxy) is 1. The zero-order valence-corrected chi connectivity index (χ0v) is 17.0. The Hall–Kier alpha value is -2.20. The monoisotopic (exact) mass is 378 g/mol. The molecule has 2 aliphatic rings. The number of aryl methyl sites for hydroxylation is 2. The van der Waals surface area contributed by atoms with Gasteiger partial charge in [-0.2, -0.15) is 0 Å². The summed E-state index contributed by atoms with van der Waals surface area (Å²) in [5.74, 6) is 0.541. The maximum atomic E-state index is 12.8. The minimum absolute atomic E-state index is 0.130. The largest absolute Gasteiger partial charge is 0.368 e. The minimum Gasteiger partial charge on any atom is -0.368 e. The summed E-state index contributed by atoms with van der Waals surface area (Å²) in [5.41, 5.74) is 5.85. The summed E-state index contributed by atoms with van der Waals surface area (Å²) in [5, 5.41) is 0. The maximum absolute atomic E-state index is 12.8. The Kier molecular flexibility index (Phi) is 5.77. The van der Waals surface area contributed by atoms with E-state index in [-0.39, 0.29) is 12.0 Å². The van der Waals surface area contributed by atoms with Gasteiger partial charge in [0.25, 0.3) is 0 Å². The standard InChI is InChI=1S/C24H30N2O2/c1-17-7-3-4-10-21(17)14-19-13-18(2)25-22(15-19)23-16-26(11-12-28-23)24(27)20-8-5-6-9-20/h3-4,7,10,13,15,20,23H,5-6,8-9,11-12,14,16H2,1-2H3/t23-/m0/s1. The van der Waals surface area contributed by atoms with Gasteiger partial charge in [0.2, 0.25) is 5.91 Å². The van der Waals surface area contributed by atoms with Crippen LogP contribution in [0.2, 0.25) is 0 Å². The van der Waals surface area contributed by atoms with E-state index in [4.69, 9.17) is 9.72 Å². The Morgan fingerprint density at radius 2 is 1.96 bits per heavy atom. The number of pyridine rings is 1. The molecule has 1 atom stereocenters. The topological polar surface area (TPSA) is 42.4 Å². The van der Waals surface area contributed by atoms with E-state index >= 15 is 0 Å². The molecule has 1 aromatic heterocycles. The van der Waals surface area contributed by atoms with Gasteiger partial charge in [0, 0.05) is 18.2 Å². The van der Waals surface area contributed by atoms with Crippen LogP contribution >= 0.6 is 0 Å². The van der Waals surface area contributed by atoms with Crippen molar-refractivity contribution in [3.8, 4) is 0 Å². The molecule has 0 spiro atoms. The molecule has 1 aromatic carbocycles. The van der Waals surface area contributed by atoms with Crippen LogP contribution < -0.4 is 0 Å². The Morgan fingerprint density at radius 1 is 1.18 bits per heavy atom. The molecule has 0 unspecified atom stereocenters. The lowest BCUT2D eigenvalue weighted by Gasteiger charge is -2.34. The van der Waals surface area contributed by atoms with Crippen LogP contribution in [0.25, 0.3) is 0 Å². The number of carbonyl (C=O) groups is 1. The van der Waals surface area contributed by atoms with E-state index in [1.54, 1.807) is 0 Å². The van der Waals surface area contributed by atoms with E-state index in [1.165, 1.54) is 29.5 Å². The van der Waals surface area contributed by atoms with E-state index in [2.05, 4.69) is 43.3 Å². The van der Waals surface area contributed by atoms with Gasteiger partial charge in [0.1, 0.15) is 6.10 Å². The van der Waals surface area contributed by atoms with E-state index in [0.717, 1.165) is 30.7 Å². The molecule has 2 heterocycles. The molecule has 1 amide bonds. The third kappa shape index (κ3) is 4.27. The molecule has 1 saturated carbocycles. The Bertz CT molecular complexity index is 842. The van der Waals surface area contributed by atoms with Crippen molar-refractivity contribution in [2.24, 2.45) is 5.92 Å². The molecule has 2 aromatic rings. The van der Waals surface area contributed by atoms with Crippen molar-refractivity contribution in [2.45, 2.75) is 52.1 Å². The number of carbonyl (C=O) groups excluding carboxylic acids is 1. The molecule has 1 aliphatic heterocycles. The minimum atomic E-state index is -0.130. The smallest absolute Gasteiger partial charge is 0.225 e. The Labute approximate surface area is 167 Å². The van der Waals surface area contributed by atoms with Crippen molar-refractivity contribution in [3.05, 3.63) is 64.5 Å². The first-order valence-corrected chi connectivity index (χ1v) is 10.5. The molecule has 0 radical (unpaired) electrons. The molecule has 1 aliphatic carbocycles. The number of aromatic nitrogens is 1. The molecule has 28 heavy (non-hydrogen) atoms. The van der Waals surface area contributed by atoms with Gasteiger partial charge in [-0.15, -0.1) is 0 Å². The number of morpholine rings is 1. The number of nitrogens with zero attached hydrogens (tertiary/aromatic N) is 2. The summed E-state index contributed by atoms with van der Waals surface area (Å²) >= 11 is 0. The number of amides is 1. The number of rotatable bonds is 4. The van der Waals surface area contributed by atoms with Crippen LogP contribution in [0.15, 0.2) is 36.4 Å². The average Bonchev–Trinajstić information content (AvgIpc) is 3.24. The Balaban J connectivity index is 1.51. The van der Waals surface area contributed by atoms with Crippen LogP contribution in [0.3, 0.4) is 0 Å². The number of hydrogen-bond donors (Lipinski definition) is 0. The van der Waals surface area contributed by atoms with Crippen LogP contribution in [0, 0.1) is 19.8 Å². The second kappa shape index (κ2) is 8.44. The van der Waals surface area contributed by atoms with Gasteiger partial charge >= 0.3 is 0 Å². The number of benzene rings is 1. The van der Waals surface area contributed by atoms with Gasteiger partial charge in [-0.05, 0) is 61.9 Å². The van der Waals surface area contributed by atoms with Crippen LogP contribution in [-0.2, 0) is 16.0 Å². The molecule has 4 nitrogen and oxygen atoms in total.